The fourth-order valence-corrected chi connectivity index (χ4v) is 3.45. The van der Waals surface area contributed by atoms with Gasteiger partial charge >= 0.3 is 12.1 Å². The van der Waals surface area contributed by atoms with Crippen LogP contribution in [-0.2, 0) is 9.53 Å². The van der Waals surface area contributed by atoms with Gasteiger partial charge in [-0.2, -0.15) is 0 Å². The topological polar surface area (TPSA) is 66.8 Å². The van der Waals surface area contributed by atoms with Crippen LogP contribution in [0.1, 0.15) is 59.3 Å². The van der Waals surface area contributed by atoms with E-state index in [9.17, 15) is 14.7 Å². The average Bonchev–Trinajstić information content (AvgIpc) is 2.35. The smallest absolute Gasteiger partial charge is 0.411 e. The zero-order valence-corrected chi connectivity index (χ0v) is 12.6. The Bertz CT molecular complexity index is 388. The maximum absolute atomic E-state index is 12.4. The summed E-state index contributed by atoms with van der Waals surface area (Å²) in [6.07, 6.45) is 5.20. The highest BCUT2D eigenvalue weighted by Gasteiger charge is 2.45. The second kappa shape index (κ2) is 5.62. The molecule has 1 N–H and O–H groups in total. The summed E-state index contributed by atoms with van der Waals surface area (Å²) in [6.45, 7) is 5.43. The van der Waals surface area contributed by atoms with E-state index in [0.29, 0.717) is 12.3 Å². The summed E-state index contributed by atoms with van der Waals surface area (Å²) in [5.41, 5.74) is -0.595. The minimum atomic E-state index is -0.917. The van der Waals surface area contributed by atoms with E-state index >= 15 is 0 Å². The van der Waals surface area contributed by atoms with E-state index < -0.39 is 23.7 Å². The minimum absolute atomic E-state index is 0.0356. The highest BCUT2D eigenvalue weighted by Crippen LogP contribution is 2.38. The van der Waals surface area contributed by atoms with Crippen LogP contribution in [0.2, 0.25) is 0 Å². The van der Waals surface area contributed by atoms with Crippen LogP contribution in [0.25, 0.3) is 0 Å². The number of amides is 1. The number of likely N-dealkylation sites (tertiary alicyclic amines) is 1. The molecule has 0 aromatic carbocycles. The van der Waals surface area contributed by atoms with Crippen LogP contribution in [0, 0.1) is 5.92 Å². The zero-order valence-electron chi connectivity index (χ0n) is 12.6. The van der Waals surface area contributed by atoms with Crippen molar-refractivity contribution in [2.45, 2.75) is 77.0 Å². The lowest BCUT2D eigenvalue weighted by molar-refractivity contribution is -0.147. The second-order valence-corrected chi connectivity index (χ2v) is 6.93. The highest BCUT2D eigenvalue weighted by molar-refractivity contribution is 5.80. The molecule has 0 aromatic heterocycles. The van der Waals surface area contributed by atoms with E-state index in [-0.39, 0.29) is 6.04 Å². The first kappa shape index (κ1) is 15.1. The van der Waals surface area contributed by atoms with Crippen molar-refractivity contribution in [1.82, 2.24) is 4.90 Å². The Labute approximate surface area is 120 Å². The summed E-state index contributed by atoms with van der Waals surface area (Å²) in [5.74, 6) is -0.480. The van der Waals surface area contributed by atoms with Crippen molar-refractivity contribution in [3.63, 3.8) is 0 Å². The Balaban J connectivity index is 2.20. The van der Waals surface area contributed by atoms with E-state index in [2.05, 4.69) is 0 Å². The third-order valence-corrected chi connectivity index (χ3v) is 4.26. The van der Waals surface area contributed by atoms with Crippen LogP contribution in [-0.4, -0.2) is 39.8 Å². The van der Waals surface area contributed by atoms with Crippen molar-refractivity contribution in [3.8, 4) is 0 Å². The summed E-state index contributed by atoms with van der Waals surface area (Å²) < 4.78 is 5.43. The molecule has 0 unspecified atom stereocenters. The maximum atomic E-state index is 12.4. The lowest BCUT2D eigenvalue weighted by Gasteiger charge is -2.46. The number of carbonyl (C=O) groups excluding carboxylic acids is 1. The van der Waals surface area contributed by atoms with Crippen LogP contribution in [0.4, 0.5) is 4.79 Å². The molecule has 0 radical (unpaired) electrons. The summed E-state index contributed by atoms with van der Waals surface area (Å²) in [7, 11) is 0. The number of hydrogen-bond acceptors (Lipinski definition) is 3. The average molecular weight is 283 g/mol. The Morgan fingerprint density at radius 3 is 2.35 bits per heavy atom. The zero-order chi connectivity index (χ0) is 14.9. The number of carbonyl (C=O) groups is 2. The van der Waals surface area contributed by atoms with E-state index in [0.717, 1.165) is 25.7 Å². The van der Waals surface area contributed by atoms with Crippen molar-refractivity contribution in [2.75, 3.05) is 0 Å². The van der Waals surface area contributed by atoms with Gasteiger partial charge in [0.25, 0.3) is 0 Å². The van der Waals surface area contributed by atoms with Gasteiger partial charge in [-0.15, -0.1) is 0 Å². The number of nitrogens with zero attached hydrogens (tertiary/aromatic N) is 1. The molecular formula is C15H25NO4. The van der Waals surface area contributed by atoms with Gasteiger partial charge in [0.05, 0.1) is 0 Å². The summed E-state index contributed by atoms with van der Waals surface area (Å²) in [4.78, 5) is 25.4. The molecular weight excluding hydrogens is 258 g/mol. The first-order valence-corrected chi connectivity index (χ1v) is 7.54. The number of carboxylic acids is 1. The SMILES string of the molecule is CC(C)(C)OC(=O)N1[C@@H]2CCCC[C@@H]2CC[C@H]1C(=O)O. The van der Waals surface area contributed by atoms with Crippen molar-refractivity contribution in [1.29, 1.82) is 0 Å². The summed E-state index contributed by atoms with van der Waals surface area (Å²) in [6, 6.07) is -0.697. The van der Waals surface area contributed by atoms with Crippen LogP contribution in [0.15, 0.2) is 0 Å². The first-order valence-electron chi connectivity index (χ1n) is 7.54. The molecule has 1 heterocycles. The second-order valence-electron chi connectivity index (χ2n) is 6.93. The molecule has 2 aliphatic rings. The summed E-state index contributed by atoms with van der Waals surface area (Å²) in [5, 5.41) is 9.40. The third-order valence-electron chi connectivity index (χ3n) is 4.26. The molecule has 3 atom stereocenters. The van der Waals surface area contributed by atoms with Crippen molar-refractivity contribution in [2.24, 2.45) is 5.92 Å². The molecule has 1 aliphatic carbocycles. The van der Waals surface area contributed by atoms with Crippen LogP contribution < -0.4 is 0 Å². The van der Waals surface area contributed by atoms with Crippen molar-refractivity contribution in [3.05, 3.63) is 0 Å². The molecule has 20 heavy (non-hydrogen) atoms. The van der Waals surface area contributed by atoms with Crippen molar-refractivity contribution < 1.29 is 19.4 Å². The number of carboxylic acid groups (broad SMARTS) is 1. The number of hydrogen-bond donors (Lipinski definition) is 1. The molecule has 1 aliphatic heterocycles. The monoisotopic (exact) mass is 283 g/mol. The van der Waals surface area contributed by atoms with Gasteiger partial charge in [0.2, 0.25) is 0 Å². The van der Waals surface area contributed by atoms with Gasteiger partial charge in [0.15, 0.2) is 0 Å². The number of ether oxygens (including phenoxy) is 1. The van der Waals surface area contributed by atoms with Crippen molar-refractivity contribution >= 4 is 12.1 Å². The molecule has 5 heteroatoms. The van der Waals surface area contributed by atoms with Gasteiger partial charge in [-0.1, -0.05) is 12.8 Å². The standard InChI is InChI=1S/C15H25NO4/c1-15(2,3)20-14(19)16-11-7-5-4-6-10(11)8-9-12(16)13(17)18/h10-12H,4-9H2,1-3H3,(H,17,18)/t10-,11-,12+/m1/s1. The van der Waals surface area contributed by atoms with Crippen LogP contribution >= 0.6 is 0 Å². The number of rotatable bonds is 1. The molecule has 1 amide bonds. The molecule has 2 rings (SSSR count). The lowest BCUT2D eigenvalue weighted by Crippen LogP contribution is -2.58. The Hall–Kier alpha value is -1.26. The van der Waals surface area contributed by atoms with E-state index in [1.807, 2.05) is 20.8 Å². The predicted octanol–water partition coefficient (Wildman–Crippen LogP) is 3.03. The van der Waals surface area contributed by atoms with Crippen LogP contribution in [0.3, 0.4) is 0 Å². The lowest BCUT2D eigenvalue weighted by atomic mass is 9.76. The van der Waals surface area contributed by atoms with Gasteiger partial charge in [0, 0.05) is 6.04 Å². The fourth-order valence-electron chi connectivity index (χ4n) is 3.45. The Kier molecular flexibility index (Phi) is 4.25. The summed E-state index contributed by atoms with van der Waals surface area (Å²) >= 11 is 0. The van der Waals surface area contributed by atoms with Crippen LogP contribution in [0.5, 0.6) is 0 Å². The maximum Gasteiger partial charge on any atom is 0.411 e. The number of piperidine rings is 1. The predicted molar refractivity (Wildman–Crippen MR) is 74.5 cm³/mol. The van der Waals surface area contributed by atoms with E-state index in [1.54, 1.807) is 0 Å². The van der Waals surface area contributed by atoms with E-state index in [4.69, 9.17) is 4.74 Å². The molecule has 1 saturated carbocycles. The quantitative estimate of drug-likeness (QED) is 0.803. The molecule has 1 saturated heterocycles. The minimum Gasteiger partial charge on any atom is -0.480 e. The van der Waals surface area contributed by atoms with Gasteiger partial charge < -0.3 is 9.84 Å². The molecule has 0 bridgehead atoms. The third kappa shape index (κ3) is 3.25. The number of fused-ring (bicyclic) bond motifs is 1. The molecule has 5 nitrogen and oxygen atoms in total. The molecule has 114 valence electrons. The number of aliphatic carboxylic acids is 1. The highest BCUT2D eigenvalue weighted by atomic mass is 16.6. The Morgan fingerprint density at radius 1 is 1.10 bits per heavy atom. The van der Waals surface area contributed by atoms with Gasteiger partial charge in [0.1, 0.15) is 11.6 Å². The molecule has 0 spiro atoms. The van der Waals surface area contributed by atoms with Gasteiger partial charge in [-0.3, -0.25) is 4.90 Å². The largest absolute Gasteiger partial charge is 0.480 e. The molecule has 0 aromatic rings. The fraction of sp³-hybridized carbons (Fsp3) is 0.867. The van der Waals surface area contributed by atoms with E-state index in [1.165, 1.54) is 11.3 Å². The normalized spacial score (nSPS) is 30.6. The first-order chi connectivity index (χ1) is 9.29. The molecule has 2 fully saturated rings. The van der Waals surface area contributed by atoms with Gasteiger partial charge in [-0.25, -0.2) is 9.59 Å². The van der Waals surface area contributed by atoms with Gasteiger partial charge in [-0.05, 0) is 52.4 Å². The Morgan fingerprint density at radius 2 is 1.75 bits per heavy atom.